The van der Waals surface area contributed by atoms with Crippen molar-refractivity contribution in [1.29, 1.82) is 0 Å². The number of carbonyl (C=O) groups excluding carboxylic acids is 1. The second-order valence-electron chi connectivity index (χ2n) is 5.97. The van der Waals surface area contributed by atoms with Gasteiger partial charge in [-0.05, 0) is 11.6 Å². The molecule has 1 N–H and O–H groups in total. The Kier molecular flexibility index (Phi) is 4.92. The van der Waals surface area contributed by atoms with Crippen molar-refractivity contribution in [3.05, 3.63) is 54.1 Å². The van der Waals surface area contributed by atoms with E-state index in [9.17, 15) is 14.7 Å². The molecule has 130 valence electrons. The molecule has 0 radical (unpaired) electrons. The minimum absolute atomic E-state index is 0.110. The van der Waals surface area contributed by atoms with Gasteiger partial charge in [-0.15, -0.1) is 0 Å². The summed E-state index contributed by atoms with van der Waals surface area (Å²) in [5.41, 5.74) is 1.38. The van der Waals surface area contributed by atoms with E-state index in [1.54, 1.807) is 30.5 Å². The molecule has 7 heteroatoms. The second-order valence-corrected chi connectivity index (χ2v) is 5.97. The van der Waals surface area contributed by atoms with Gasteiger partial charge < -0.3 is 14.7 Å². The highest BCUT2D eigenvalue weighted by Crippen LogP contribution is 2.37. The number of rotatable bonds is 5. The molecule has 0 unspecified atom stereocenters. The Bertz CT molecular complexity index is 766. The lowest BCUT2D eigenvalue weighted by Crippen LogP contribution is -2.31. The lowest BCUT2D eigenvalue weighted by atomic mass is 9.88. The predicted octanol–water partition coefficient (Wildman–Crippen LogP) is 1.35. The zero-order valence-corrected chi connectivity index (χ0v) is 13.8. The molecule has 1 amide bonds. The lowest BCUT2D eigenvalue weighted by molar-refractivity contribution is -0.141. The molecule has 2 aromatic rings. The Morgan fingerprint density at radius 2 is 2.08 bits per heavy atom. The molecule has 1 aliphatic rings. The third-order valence-corrected chi connectivity index (χ3v) is 4.48. The maximum Gasteiger partial charge on any atom is 0.308 e. The molecular formula is C18H19N3O4. The van der Waals surface area contributed by atoms with Gasteiger partial charge in [0, 0.05) is 37.6 Å². The molecule has 2 atom stereocenters. The number of likely N-dealkylation sites (tertiary alicyclic amines) is 1. The van der Waals surface area contributed by atoms with Crippen molar-refractivity contribution in [2.24, 2.45) is 5.92 Å². The number of ether oxygens (including phenoxy) is 1. The Hall–Kier alpha value is -2.96. The number of para-hydroxylation sites is 1. The molecule has 2 heterocycles. The smallest absolute Gasteiger partial charge is 0.308 e. The SMILES string of the molecule is COc1ccccc1[C@@H]1CN(C(=O)Cc2cnccn2)C[C@H]1C(=O)O. The summed E-state index contributed by atoms with van der Waals surface area (Å²) in [5.74, 6) is -1.39. The fourth-order valence-electron chi connectivity index (χ4n) is 3.23. The molecule has 3 rings (SSSR count). The number of aliphatic carboxylic acids is 1. The normalized spacial score (nSPS) is 19.6. The fourth-order valence-corrected chi connectivity index (χ4v) is 3.23. The first-order valence-corrected chi connectivity index (χ1v) is 7.98. The number of nitrogens with zero attached hydrogens (tertiary/aromatic N) is 3. The van der Waals surface area contributed by atoms with Crippen molar-refractivity contribution in [2.45, 2.75) is 12.3 Å². The van der Waals surface area contributed by atoms with E-state index in [4.69, 9.17) is 4.74 Å². The molecular weight excluding hydrogens is 322 g/mol. The van der Waals surface area contributed by atoms with Gasteiger partial charge in [0.15, 0.2) is 0 Å². The highest BCUT2D eigenvalue weighted by Gasteiger charge is 2.41. The van der Waals surface area contributed by atoms with Crippen LogP contribution in [0.5, 0.6) is 5.75 Å². The van der Waals surface area contributed by atoms with E-state index in [-0.39, 0.29) is 24.8 Å². The van der Waals surface area contributed by atoms with Gasteiger partial charge in [0.05, 0.1) is 25.1 Å². The van der Waals surface area contributed by atoms with Crippen molar-refractivity contribution in [1.82, 2.24) is 14.9 Å². The zero-order chi connectivity index (χ0) is 17.8. The van der Waals surface area contributed by atoms with Gasteiger partial charge in [-0.2, -0.15) is 0 Å². The van der Waals surface area contributed by atoms with Crippen molar-refractivity contribution in [3.8, 4) is 5.75 Å². The maximum atomic E-state index is 12.5. The van der Waals surface area contributed by atoms with E-state index in [1.165, 1.54) is 6.20 Å². The molecule has 1 aromatic carbocycles. The first-order valence-electron chi connectivity index (χ1n) is 7.98. The van der Waals surface area contributed by atoms with E-state index in [0.29, 0.717) is 18.0 Å². The summed E-state index contributed by atoms with van der Waals surface area (Å²) in [5, 5.41) is 9.60. The molecule has 1 aliphatic heterocycles. The van der Waals surface area contributed by atoms with Crippen LogP contribution in [0.25, 0.3) is 0 Å². The Balaban J connectivity index is 1.81. The van der Waals surface area contributed by atoms with Crippen LogP contribution in [0.4, 0.5) is 0 Å². The maximum absolute atomic E-state index is 12.5. The number of carbonyl (C=O) groups is 2. The number of carboxylic acids is 1. The van der Waals surface area contributed by atoms with Gasteiger partial charge in [0.2, 0.25) is 5.91 Å². The standard InChI is InChI=1S/C18H19N3O4/c1-25-16-5-3-2-4-13(16)14-10-21(11-15(14)18(23)24)17(22)8-12-9-19-6-7-20-12/h2-7,9,14-15H,8,10-11H2,1H3,(H,23,24)/t14-,15+/m0/s1. The summed E-state index contributed by atoms with van der Waals surface area (Å²) in [6.45, 7) is 0.521. The van der Waals surface area contributed by atoms with Crippen LogP contribution in [0.15, 0.2) is 42.9 Å². The molecule has 0 bridgehead atoms. The summed E-state index contributed by atoms with van der Waals surface area (Å²) in [4.78, 5) is 33.9. The van der Waals surface area contributed by atoms with Gasteiger partial charge in [0.25, 0.3) is 0 Å². The minimum atomic E-state index is -0.911. The summed E-state index contributed by atoms with van der Waals surface area (Å²) in [6, 6.07) is 7.35. The highest BCUT2D eigenvalue weighted by atomic mass is 16.5. The summed E-state index contributed by atoms with van der Waals surface area (Å²) >= 11 is 0. The molecule has 0 spiro atoms. The minimum Gasteiger partial charge on any atom is -0.496 e. The van der Waals surface area contributed by atoms with Crippen LogP contribution in [0.1, 0.15) is 17.2 Å². The number of amides is 1. The molecule has 1 saturated heterocycles. The van der Waals surface area contributed by atoms with Crippen molar-refractivity contribution >= 4 is 11.9 Å². The van der Waals surface area contributed by atoms with Crippen molar-refractivity contribution in [3.63, 3.8) is 0 Å². The second kappa shape index (κ2) is 7.29. The third-order valence-electron chi connectivity index (χ3n) is 4.48. The quantitative estimate of drug-likeness (QED) is 0.882. The molecule has 7 nitrogen and oxygen atoms in total. The molecule has 1 fully saturated rings. The van der Waals surface area contributed by atoms with E-state index >= 15 is 0 Å². The van der Waals surface area contributed by atoms with Gasteiger partial charge in [0.1, 0.15) is 5.75 Å². The first kappa shape index (κ1) is 16.9. The van der Waals surface area contributed by atoms with Crippen molar-refractivity contribution < 1.29 is 19.4 Å². The van der Waals surface area contributed by atoms with Gasteiger partial charge >= 0.3 is 5.97 Å². The van der Waals surface area contributed by atoms with Crippen LogP contribution < -0.4 is 4.74 Å². The molecule has 25 heavy (non-hydrogen) atoms. The van der Waals surface area contributed by atoms with Crippen molar-refractivity contribution in [2.75, 3.05) is 20.2 Å². The van der Waals surface area contributed by atoms with Gasteiger partial charge in [-0.3, -0.25) is 19.6 Å². The topological polar surface area (TPSA) is 92.6 Å². The zero-order valence-electron chi connectivity index (χ0n) is 13.8. The summed E-state index contributed by atoms with van der Waals surface area (Å²) in [6.07, 6.45) is 4.73. The summed E-state index contributed by atoms with van der Waals surface area (Å²) in [7, 11) is 1.56. The first-order chi connectivity index (χ1) is 12.1. The van der Waals surface area contributed by atoms with E-state index < -0.39 is 11.9 Å². The van der Waals surface area contributed by atoms with Gasteiger partial charge in [-0.25, -0.2) is 0 Å². The molecule has 1 aromatic heterocycles. The number of hydrogen-bond acceptors (Lipinski definition) is 5. The van der Waals surface area contributed by atoms with Crippen LogP contribution in [-0.2, 0) is 16.0 Å². The van der Waals surface area contributed by atoms with Gasteiger partial charge in [-0.1, -0.05) is 18.2 Å². The third kappa shape index (κ3) is 3.60. The van der Waals surface area contributed by atoms with Crippen LogP contribution in [0.3, 0.4) is 0 Å². The number of benzene rings is 1. The average Bonchev–Trinajstić information content (AvgIpc) is 3.08. The average molecular weight is 341 g/mol. The summed E-state index contributed by atoms with van der Waals surface area (Å²) < 4.78 is 5.36. The number of methoxy groups -OCH3 is 1. The number of aromatic nitrogens is 2. The Labute approximate surface area is 145 Å². The monoisotopic (exact) mass is 341 g/mol. The Morgan fingerprint density at radius 3 is 2.76 bits per heavy atom. The molecule has 0 aliphatic carbocycles. The van der Waals surface area contributed by atoms with Crippen LogP contribution in [0.2, 0.25) is 0 Å². The van der Waals surface area contributed by atoms with Crippen LogP contribution >= 0.6 is 0 Å². The lowest BCUT2D eigenvalue weighted by Gasteiger charge is -2.18. The largest absolute Gasteiger partial charge is 0.496 e. The number of hydrogen-bond donors (Lipinski definition) is 1. The molecule has 0 saturated carbocycles. The number of carboxylic acid groups (broad SMARTS) is 1. The highest BCUT2D eigenvalue weighted by molar-refractivity contribution is 5.81. The van der Waals surface area contributed by atoms with E-state index in [1.807, 2.05) is 18.2 Å². The van der Waals surface area contributed by atoms with Crippen LogP contribution in [-0.4, -0.2) is 52.1 Å². The predicted molar refractivity (Wildman–Crippen MR) is 89.2 cm³/mol. The van der Waals surface area contributed by atoms with E-state index in [0.717, 1.165) is 5.56 Å². The Morgan fingerprint density at radius 1 is 1.28 bits per heavy atom. The van der Waals surface area contributed by atoms with Crippen LogP contribution in [0, 0.1) is 5.92 Å². The van der Waals surface area contributed by atoms with E-state index in [2.05, 4.69) is 9.97 Å². The fraction of sp³-hybridized carbons (Fsp3) is 0.333.